The van der Waals surface area contributed by atoms with Crippen LogP contribution < -0.4 is 4.90 Å². The first-order valence-corrected chi connectivity index (χ1v) is 45.3. The summed E-state index contributed by atoms with van der Waals surface area (Å²) in [5.74, 6) is 2.06. The minimum atomic E-state index is -0.702. The number of rotatable bonds is 19. The highest BCUT2D eigenvalue weighted by Gasteiger charge is 2.59. The van der Waals surface area contributed by atoms with E-state index in [-0.39, 0.29) is 35.0 Å². The quantitative estimate of drug-likeness (QED) is 0.110. The molecule has 0 aromatic heterocycles. The summed E-state index contributed by atoms with van der Waals surface area (Å²) in [5.41, 5.74) is 36.7. The van der Waals surface area contributed by atoms with Crippen LogP contribution in [0.2, 0.25) is 0 Å². The molecule has 114 heavy (non-hydrogen) atoms. The first kappa shape index (κ1) is 76.5. The van der Waals surface area contributed by atoms with Crippen LogP contribution in [-0.2, 0) is 5.41 Å². The average molecular weight is 1530 g/mol. The number of hydrogen-bond acceptors (Lipinski definition) is 3. The largest absolute Gasteiger partial charge is 0.342 e. The number of aryl methyl sites for hydroxylation is 2. The molecule has 0 fully saturated rings. The molecular formula is C109H118F2N2S. The summed E-state index contributed by atoms with van der Waals surface area (Å²) in [6.45, 7) is 20.5. The third kappa shape index (κ3) is 13.8. The van der Waals surface area contributed by atoms with Crippen molar-refractivity contribution in [1.82, 2.24) is 4.90 Å². The SMILES string of the molecule is C=CC1=CC=C(C2(C3CC(C)=CC=C3C)C3=C(C=CCC3)C3C=CC(N(C4=CC(C5=C(CC)CCC(N(c6ccc(C7=CCCC(C8C=CC(F)=CC8)=C7)cc6)C6C=CC7=C(C6)C(C6=CCC(C=C)C=C6)(c6cc(C)ccc6C)c6ccccc67)=C5)C(SC)CC4)C4CC=C(C5CCC=C(C6=CCC(F)CC6)C5)CC4)=CC32)CC1. The molecule has 0 saturated heterocycles. The van der Waals surface area contributed by atoms with Gasteiger partial charge >= 0.3 is 0 Å². The first-order chi connectivity index (χ1) is 55.7. The third-order valence-electron chi connectivity index (χ3n) is 29.8. The van der Waals surface area contributed by atoms with Crippen molar-refractivity contribution in [2.75, 3.05) is 11.2 Å². The molecule has 0 saturated carbocycles. The number of allylic oxidation sites excluding steroid dienone is 42. The van der Waals surface area contributed by atoms with Crippen LogP contribution in [0.25, 0.3) is 11.1 Å². The molecule has 0 N–H and O–H groups in total. The number of halogens is 2. The zero-order valence-electron chi connectivity index (χ0n) is 68.7. The van der Waals surface area contributed by atoms with Gasteiger partial charge in [0.2, 0.25) is 0 Å². The zero-order valence-corrected chi connectivity index (χ0v) is 69.5. The number of benzene rings is 3. The molecule has 3 aromatic rings. The summed E-state index contributed by atoms with van der Waals surface area (Å²) in [6, 6.07) is 26.6. The molecule has 0 amide bonds. The highest BCUT2D eigenvalue weighted by Crippen LogP contribution is 2.68. The first-order valence-electron chi connectivity index (χ1n) is 44.0. The van der Waals surface area contributed by atoms with Crippen LogP contribution in [0, 0.1) is 60.7 Å². The van der Waals surface area contributed by atoms with Gasteiger partial charge in [-0.25, -0.2) is 8.78 Å². The molecule has 15 aliphatic carbocycles. The van der Waals surface area contributed by atoms with Crippen LogP contribution in [0.4, 0.5) is 14.5 Å². The maximum absolute atomic E-state index is 14.6. The lowest BCUT2D eigenvalue weighted by Gasteiger charge is -2.50. The van der Waals surface area contributed by atoms with E-state index < -0.39 is 11.6 Å². The Balaban J connectivity index is 0.764. The van der Waals surface area contributed by atoms with Crippen molar-refractivity contribution in [2.45, 2.75) is 218 Å². The van der Waals surface area contributed by atoms with Gasteiger partial charge in [0.1, 0.15) is 12.0 Å². The Morgan fingerprint density at radius 2 is 1.51 bits per heavy atom. The van der Waals surface area contributed by atoms with E-state index in [0.717, 1.165) is 128 Å². The van der Waals surface area contributed by atoms with Crippen LogP contribution in [0.15, 0.2) is 339 Å². The van der Waals surface area contributed by atoms with Crippen molar-refractivity contribution in [3.8, 4) is 0 Å². The molecule has 584 valence electrons. The molecule has 0 spiro atoms. The Hall–Kier alpha value is -8.77. The molecule has 3 aromatic carbocycles. The van der Waals surface area contributed by atoms with Gasteiger partial charge in [0.05, 0.1) is 11.5 Å². The van der Waals surface area contributed by atoms with Gasteiger partial charge in [-0.3, -0.25) is 0 Å². The Morgan fingerprint density at radius 1 is 0.623 bits per heavy atom. The average Bonchev–Trinajstić information content (AvgIpc) is 1.53. The van der Waals surface area contributed by atoms with Gasteiger partial charge in [0, 0.05) is 63.2 Å². The summed E-state index contributed by atoms with van der Waals surface area (Å²) < 4.78 is 29.0. The highest BCUT2D eigenvalue weighted by atomic mass is 32.2. The van der Waals surface area contributed by atoms with Crippen LogP contribution >= 0.6 is 11.8 Å². The van der Waals surface area contributed by atoms with E-state index in [2.05, 4.69) is 288 Å². The fraction of sp³-hybridized carbons (Fsp3) is 0.394. The molecular weight excluding hydrogens is 1410 g/mol. The number of nitrogens with zero attached hydrogens (tertiary/aromatic N) is 2. The van der Waals surface area contributed by atoms with Gasteiger partial charge in [-0.15, -0.1) is 6.58 Å². The number of fused-ring (bicyclic) bond motifs is 4. The molecule has 5 heteroatoms. The molecule has 2 nitrogen and oxygen atoms in total. The standard InChI is InChI=1S/C109H118F2N2S/c1-9-74-30-43-85(44-31-74)108(103-62-70(4)26-28-72(103)6)101-24-14-12-22-95(101)97-59-56-93(68-105(97)108)112(89-51-39-79(40-52-89)83-20-16-18-81(64-83)77-34-47-87(110)48-35-77)91-55-38-76(11-3)99(66-91)100-67-92(58-61-107(100)114-8)113(90-53-41-80(42-54-90)84-21-17-19-82(65-84)78-36-49-88(111)50-37-78)94-57-60-98-96-23-13-15-25-102(96)109(106(98)69-94,86-45-32-75(10-2)33-46-86)104-63-71(5)27-29-73(104)7/h9-10,12-14,19-20,22-24,26-30,32,34,36,39-41,43-45,47-48,51-52,56-57,59-60,62,64,66-67,69,74,77,84,88,90,93,98,100,104,106-107H,1-2,11,15-18,21,25,31,33,35,37-38,42,46,49-50,53-55,58,61,63,65,68H2,3-8H3. The number of alkyl halides is 1. The number of hydrogen-bond donors (Lipinski definition) is 0. The van der Waals surface area contributed by atoms with Crippen LogP contribution in [0.3, 0.4) is 0 Å². The van der Waals surface area contributed by atoms with Gasteiger partial charge in [0.25, 0.3) is 0 Å². The summed E-state index contributed by atoms with van der Waals surface area (Å²) in [7, 11) is 0. The lowest BCUT2D eigenvalue weighted by atomic mass is 9.53. The predicted molar refractivity (Wildman–Crippen MR) is 480 cm³/mol. The Morgan fingerprint density at radius 3 is 2.28 bits per heavy atom. The maximum atomic E-state index is 14.6. The minimum Gasteiger partial charge on any atom is -0.342 e. The molecule has 13 atom stereocenters. The maximum Gasteiger partial charge on any atom is 0.118 e. The summed E-state index contributed by atoms with van der Waals surface area (Å²) in [6.07, 6.45) is 88.8. The second-order valence-corrected chi connectivity index (χ2v) is 37.0. The van der Waals surface area contributed by atoms with E-state index in [1.165, 1.54) is 124 Å². The van der Waals surface area contributed by atoms with Gasteiger partial charge in [0.15, 0.2) is 0 Å². The third-order valence-corrected chi connectivity index (χ3v) is 30.9. The Kier molecular flexibility index (Phi) is 21.7. The van der Waals surface area contributed by atoms with Crippen molar-refractivity contribution < 1.29 is 8.78 Å². The number of thioether (sulfide) groups is 1. The molecule has 0 radical (unpaired) electrons. The lowest BCUT2D eigenvalue weighted by Crippen LogP contribution is -2.44. The predicted octanol–water partition coefficient (Wildman–Crippen LogP) is 28.9. The normalized spacial score (nSPS) is 31.1. The van der Waals surface area contributed by atoms with E-state index in [1.807, 2.05) is 0 Å². The Bertz CT molecular complexity index is 5170. The van der Waals surface area contributed by atoms with Gasteiger partial charge < -0.3 is 9.80 Å². The van der Waals surface area contributed by atoms with Gasteiger partial charge in [-0.1, -0.05) is 246 Å². The Labute approximate surface area is 685 Å². The summed E-state index contributed by atoms with van der Waals surface area (Å²) in [4.78, 5) is 5.80. The van der Waals surface area contributed by atoms with Crippen molar-refractivity contribution >= 4 is 28.6 Å². The molecule has 18 rings (SSSR count). The van der Waals surface area contributed by atoms with Gasteiger partial charge in [-0.05, 0) is 320 Å². The minimum absolute atomic E-state index is 0.00723. The monoisotopic (exact) mass is 1520 g/mol. The fourth-order valence-corrected chi connectivity index (χ4v) is 24.9. The van der Waals surface area contributed by atoms with E-state index in [0.29, 0.717) is 54.2 Å². The van der Waals surface area contributed by atoms with Gasteiger partial charge in [-0.2, -0.15) is 11.8 Å². The highest BCUT2D eigenvalue weighted by molar-refractivity contribution is 7.99. The topological polar surface area (TPSA) is 6.48 Å². The van der Waals surface area contributed by atoms with E-state index in [4.69, 9.17) is 0 Å². The van der Waals surface area contributed by atoms with Crippen molar-refractivity contribution in [2.24, 2.45) is 46.8 Å². The molecule has 15 aliphatic rings. The molecule has 0 bridgehead atoms. The molecule has 0 aliphatic heterocycles. The second-order valence-electron chi connectivity index (χ2n) is 35.9. The van der Waals surface area contributed by atoms with Crippen molar-refractivity contribution in [3.05, 3.63) is 372 Å². The van der Waals surface area contributed by atoms with E-state index in [1.54, 1.807) is 40.0 Å². The van der Waals surface area contributed by atoms with Crippen LogP contribution in [0.1, 0.15) is 208 Å². The second kappa shape index (κ2) is 32.4. The number of anilines is 1. The zero-order chi connectivity index (χ0) is 77.9. The van der Waals surface area contributed by atoms with Crippen LogP contribution in [-0.4, -0.2) is 34.7 Å². The molecule has 0 heterocycles. The lowest BCUT2D eigenvalue weighted by molar-refractivity contribution is 0.197. The van der Waals surface area contributed by atoms with Crippen molar-refractivity contribution in [1.29, 1.82) is 0 Å². The van der Waals surface area contributed by atoms with Crippen LogP contribution in [0.5, 0.6) is 0 Å². The fourth-order valence-electron chi connectivity index (χ4n) is 24.0. The van der Waals surface area contributed by atoms with Crippen molar-refractivity contribution in [3.63, 3.8) is 0 Å². The molecule has 13 unspecified atom stereocenters. The summed E-state index contributed by atoms with van der Waals surface area (Å²) in [5, 5.41) is 0.405. The van der Waals surface area contributed by atoms with E-state index in [9.17, 15) is 8.78 Å². The summed E-state index contributed by atoms with van der Waals surface area (Å²) >= 11 is 2.10. The smallest absolute Gasteiger partial charge is 0.118 e. The van der Waals surface area contributed by atoms with E-state index >= 15 is 0 Å².